The highest BCUT2D eigenvalue weighted by Gasteiger charge is 2.07. The highest BCUT2D eigenvalue weighted by atomic mass is 32.1. The lowest BCUT2D eigenvalue weighted by atomic mass is 10.1. The number of nitrogens with one attached hydrogen (secondary N) is 2. The van der Waals surface area contributed by atoms with Crippen molar-refractivity contribution >= 4 is 38.8 Å². The molecule has 3 rings (SSSR count). The molecule has 3 aromatic rings. The van der Waals surface area contributed by atoms with Gasteiger partial charge in [-0.05, 0) is 11.5 Å². The van der Waals surface area contributed by atoms with E-state index in [1.54, 1.807) is 0 Å². The summed E-state index contributed by atoms with van der Waals surface area (Å²) in [6, 6.07) is 14.2. The third kappa shape index (κ3) is 3.01. The number of carbonyl (C=O) groups excluding carboxylic acids is 1. The van der Waals surface area contributed by atoms with Crippen LogP contribution in [-0.4, -0.2) is 10.9 Å². The van der Waals surface area contributed by atoms with Crippen molar-refractivity contribution in [3.05, 3.63) is 53.5 Å². The summed E-state index contributed by atoms with van der Waals surface area (Å²) in [5.41, 5.74) is 3.80. The van der Waals surface area contributed by atoms with Gasteiger partial charge in [0.2, 0.25) is 5.91 Å². The molecular formula is C15H14N4OS. The van der Waals surface area contributed by atoms with Crippen LogP contribution in [0.2, 0.25) is 0 Å². The third-order valence-electron chi connectivity index (χ3n) is 3.09. The first kappa shape index (κ1) is 13.5. The quantitative estimate of drug-likeness (QED) is 0.393. The zero-order valence-corrected chi connectivity index (χ0v) is 12.0. The summed E-state index contributed by atoms with van der Waals surface area (Å²) in [6.45, 7) is 0. The van der Waals surface area contributed by atoms with E-state index in [1.807, 2.05) is 29.6 Å². The van der Waals surface area contributed by atoms with Crippen LogP contribution >= 0.6 is 11.3 Å². The Labute approximate surface area is 125 Å². The summed E-state index contributed by atoms with van der Waals surface area (Å²) in [7, 11) is 0. The monoisotopic (exact) mass is 298 g/mol. The first-order chi connectivity index (χ1) is 10.3. The Morgan fingerprint density at radius 3 is 2.86 bits per heavy atom. The molecule has 21 heavy (non-hydrogen) atoms. The van der Waals surface area contributed by atoms with E-state index >= 15 is 0 Å². The molecule has 0 bridgehead atoms. The summed E-state index contributed by atoms with van der Waals surface area (Å²) < 4.78 is 0. The van der Waals surface area contributed by atoms with Crippen LogP contribution in [0, 0.1) is 0 Å². The molecule has 0 spiro atoms. The number of aromatic nitrogens is 1. The average molecular weight is 298 g/mol. The molecule has 0 saturated carbocycles. The van der Waals surface area contributed by atoms with Gasteiger partial charge in [0.15, 0.2) is 5.13 Å². The van der Waals surface area contributed by atoms with Crippen LogP contribution < -0.4 is 16.6 Å². The van der Waals surface area contributed by atoms with Crippen LogP contribution in [0.1, 0.15) is 5.69 Å². The number of benzene rings is 2. The van der Waals surface area contributed by atoms with Crippen LogP contribution in [-0.2, 0) is 11.2 Å². The van der Waals surface area contributed by atoms with Gasteiger partial charge < -0.3 is 5.32 Å². The van der Waals surface area contributed by atoms with Crippen LogP contribution in [0.3, 0.4) is 0 Å². The Hall–Kier alpha value is -2.44. The van der Waals surface area contributed by atoms with Crippen molar-refractivity contribution in [1.82, 2.24) is 10.4 Å². The van der Waals surface area contributed by atoms with E-state index in [2.05, 4.69) is 33.9 Å². The van der Waals surface area contributed by atoms with Crippen LogP contribution in [0.15, 0.2) is 47.8 Å². The minimum atomic E-state index is -0.253. The van der Waals surface area contributed by atoms with Crippen molar-refractivity contribution in [1.29, 1.82) is 0 Å². The van der Waals surface area contributed by atoms with Crippen LogP contribution in [0.5, 0.6) is 0 Å². The van der Waals surface area contributed by atoms with E-state index in [9.17, 15) is 4.79 Å². The number of hydrogen-bond acceptors (Lipinski definition) is 5. The van der Waals surface area contributed by atoms with Gasteiger partial charge >= 0.3 is 0 Å². The predicted molar refractivity (Wildman–Crippen MR) is 85.4 cm³/mol. The summed E-state index contributed by atoms with van der Waals surface area (Å²) in [5.74, 6) is 4.82. The molecule has 0 unspecified atom stereocenters. The molecule has 0 fully saturated rings. The molecule has 6 heteroatoms. The number of amides is 1. The molecule has 0 aliphatic carbocycles. The fourth-order valence-corrected chi connectivity index (χ4v) is 2.83. The minimum absolute atomic E-state index is 0.185. The van der Waals surface area contributed by atoms with Gasteiger partial charge in [0.25, 0.3) is 0 Å². The Bertz CT molecular complexity index is 779. The number of rotatable bonds is 4. The van der Waals surface area contributed by atoms with E-state index in [-0.39, 0.29) is 12.3 Å². The maximum Gasteiger partial charge on any atom is 0.239 e. The molecule has 0 saturated heterocycles. The molecule has 1 amide bonds. The van der Waals surface area contributed by atoms with Crippen molar-refractivity contribution in [3.8, 4) is 0 Å². The summed E-state index contributed by atoms with van der Waals surface area (Å²) in [6.07, 6.45) is 0.185. The summed E-state index contributed by atoms with van der Waals surface area (Å²) >= 11 is 1.46. The Morgan fingerprint density at radius 2 is 2.00 bits per heavy atom. The topological polar surface area (TPSA) is 80.0 Å². The van der Waals surface area contributed by atoms with Gasteiger partial charge in [0.1, 0.15) is 0 Å². The fraction of sp³-hybridized carbons (Fsp3) is 0.0667. The van der Waals surface area contributed by atoms with Gasteiger partial charge in [-0.2, -0.15) is 0 Å². The predicted octanol–water partition coefficient (Wildman–Crippen LogP) is 2.57. The Kier molecular flexibility index (Phi) is 3.81. The maximum atomic E-state index is 11.2. The van der Waals surface area contributed by atoms with Crippen molar-refractivity contribution in [2.75, 3.05) is 5.32 Å². The van der Waals surface area contributed by atoms with Gasteiger partial charge in [0, 0.05) is 16.5 Å². The molecule has 4 N–H and O–H groups in total. The molecule has 0 aliphatic heterocycles. The Morgan fingerprint density at radius 1 is 1.19 bits per heavy atom. The van der Waals surface area contributed by atoms with Crippen LogP contribution in [0.25, 0.3) is 10.8 Å². The lowest BCUT2D eigenvalue weighted by molar-refractivity contribution is -0.120. The van der Waals surface area contributed by atoms with Gasteiger partial charge in [-0.3, -0.25) is 10.2 Å². The zero-order chi connectivity index (χ0) is 14.7. The lowest BCUT2D eigenvalue weighted by Crippen LogP contribution is -2.31. The van der Waals surface area contributed by atoms with Gasteiger partial charge in [-0.1, -0.05) is 36.4 Å². The fourth-order valence-electron chi connectivity index (χ4n) is 2.11. The number of anilines is 2. The molecule has 1 aromatic heterocycles. The van der Waals surface area contributed by atoms with E-state index in [1.165, 1.54) is 16.7 Å². The highest BCUT2D eigenvalue weighted by molar-refractivity contribution is 7.13. The largest absolute Gasteiger partial charge is 0.331 e. The number of hydrazine groups is 1. The molecule has 0 atom stereocenters. The molecule has 2 aromatic carbocycles. The molecular weight excluding hydrogens is 284 g/mol. The van der Waals surface area contributed by atoms with Crippen molar-refractivity contribution < 1.29 is 4.79 Å². The number of fused-ring (bicyclic) bond motifs is 1. The highest BCUT2D eigenvalue weighted by Crippen LogP contribution is 2.27. The number of thiazole rings is 1. The number of nitrogens with two attached hydrogens (primary N) is 1. The normalized spacial score (nSPS) is 10.5. The van der Waals surface area contributed by atoms with Crippen molar-refractivity contribution in [3.63, 3.8) is 0 Å². The smallest absolute Gasteiger partial charge is 0.239 e. The summed E-state index contributed by atoms with van der Waals surface area (Å²) in [4.78, 5) is 15.6. The third-order valence-corrected chi connectivity index (χ3v) is 3.89. The van der Waals surface area contributed by atoms with Gasteiger partial charge in [-0.25, -0.2) is 10.8 Å². The molecule has 5 nitrogen and oxygen atoms in total. The van der Waals surface area contributed by atoms with Gasteiger partial charge in [0.05, 0.1) is 12.1 Å². The van der Waals surface area contributed by atoms with Crippen LogP contribution in [0.4, 0.5) is 10.8 Å². The second-order valence-electron chi connectivity index (χ2n) is 4.54. The average Bonchev–Trinajstić information content (AvgIpc) is 2.94. The number of carbonyl (C=O) groups is 1. The standard InChI is InChI=1S/C15H14N4OS/c16-19-14(20)8-11-9-21-15(17-11)18-13-7-3-5-10-4-1-2-6-12(10)13/h1-7,9H,8,16H2,(H,17,18)(H,19,20). The molecule has 0 aliphatic rings. The molecule has 1 heterocycles. The van der Waals surface area contributed by atoms with E-state index < -0.39 is 0 Å². The first-order valence-corrected chi connectivity index (χ1v) is 7.33. The minimum Gasteiger partial charge on any atom is -0.331 e. The van der Waals surface area contributed by atoms with Gasteiger partial charge in [-0.15, -0.1) is 11.3 Å². The second-order valence-corrected chi connectivity index (χ2v) is 5.40. The summed E-state index contributed by atoms with van der Waals surface area (Å²) in [5, 5.41) is 8.21. The van der Waals surface area contributed by atoms with Crippen molar-refractivity contribution in [2.24, 2.45) is 5.84 Å². The number of hydrogen-bond donors (Lipinski definition) is 3. The molecule has 106 valence electrons. The zero-order valence-electron chi connectivity index (χ0n) is 11.2. The van der Waals surface area contributed by atoms with E-state index in [0.29, 0.717) is 5.69 Å². The van der Waals surface area contributed by atoms with Crippen molar-refractivity contribution in [2.45, 2.75) is 6.42 Å². The molecule has 0 radical (unpaired) electrons. The van der Waals surface area contributed by atoms with E-state index in [0.717, 1.165) is 16.2 Å². The lowest BCUT2D eigenvalue weighted by Gasteiger charge is -2.06. The maximum absolute atomic E-state index is 11.2. The first-order valence-electron chi connectivity index (χ1n) is 6.45. The Balaban J connectivity index is 1.84. The number of nitrogens with zero attached hydrogens (tertiary/aromatic N) is 1. The van der Waals surface area contributed by atoms with E-state index in [4.69, 9.17) is 5.84 Å². The SMILES string of the molecule is NNC(=O)Cc1csc(Nc2cccc3ccccc23)n1. The second kappa shape index (κ2) is 5.90.